The lowest BCUT2D eigenvalue weighted by atomic mass is 10.1. The molecule has 2 saturated heterocycles. The van der Waals surface area contributed by atoms with Crippen molar-refractivity contribution in [3.05, 3.63) is 40.8 Å². The molecule has 1 aromatic carbocycles. The highest BCUT2D eigenvalue weighted by Gasteiger charge is 2.24. The molecular weight excluding hydrogens is 542 g/mol. The Kier molecular flexibility index (Phi) is 11.2. The smallest absolute Gasteiger partial charge is 0.320 e. The molecule has 0 atom stereocenters. The molecule has 0 bridgehead atoms. The minimum atomic E-state index is -3.67. The average Bonchev–Trinajstić information content (AvgIpc) is 3.58. The van der Waals surface area contributed by atoms with Gasteiger partial charge in [0.2, 0.25) is 0 Å². The zero-order chi connectivity index (χ0) is 28.4. The predicted molar refractivity (Wildman–Crippen MR) is 152 cm³/mol. The molecule has 10 nitrogen and oxygen atoms in total. The second-order valence-electron chi connectivity index (χ2n) is 9.31. The number of benzene rings is 1. The number of rotatable bonds is 8. The predicted octanol–water partition coefficient (Wildman–Crippen LogP) is 3.94. The van der Waals surface area contributed by atoms with Crippen molar-refractivity contribution in [1.29, 1.82) is 5.26 Å². The summed E-state index contributed by atoms with van der Waals surface area (Å²) in [5, 5.41) is 10.9. The Morgan fingerprint density at radius 2 is 1.74 bits per heavy atom. The fourth-order valence-corrected chi connectivity index (χ4v) is 5.46. The molecule has 2 fully saturated rings. The molecule has 2 aromatic rings. The summed E-state index contributed by atoms with van der Waals surface area (Å²) in [6.45, 7) is 4.13. The van der Waals surface area contributed by atoms with Gasteiger partial charge in [-0.1, -0.05) is 0 Å². The maximum atomic E-state index is 12.2. The third-order valence-electron chi connectivity index (χ3n) is 6.32. The number of hydrogen-bond acceptors (Lipinski definition) is 10. The quantitative estimate of drug-likeness (QED) is 0.280. The van der Waals surface area contributed by atoms with Gasteiger partial charge in [0.1, 0.15) is 6.10 Å². The number of likely N-dealkylation sites (tertiary alicyclic amines) is 1. The number of ether oxygens (including phenoxy) is 3. The van der Waals surface area contributed by atoms with E-state index in [2.05, 4.69) is 21.9 Å². The minimum absolute atomic E-state index is 0.000857. The van der Waals surface area contributed by atoms with Crippen LogP contribution in [0.4, 0.5) is 5.00 Å². The fraction of sp³-hybridized carbons (Fsp3) is 0.481. The van der Waals surface area contributed by atoms with Crippen molar-refractivity contribution in [3.8, 4) is 17.6 Å². The molecule has 0 amide bonds. The van der Waals surface area contributed by atoms with Crippen LogP contribution >= 0.6 is 11.3 Å². The number of carbonyl (C=O) groups excluding carboxylic acids is 1. The van der Waals surface area contributed by atoms with Crippen LogP contribution in [0.1, 0.15) is 36.1 Å². The molecule has 0 unspecified atom stereocenters. The summed E-state index contributed by atoms with van der Waals surface area (Å²) in [6, 6.07) is 11.9. The summed E-state index contributed by atoms with van der Waals surface area (Å²) >= 11 is 1.66. The van der Waals surface area contributed by atoms with Gasteiger partial charge in [0.15, 0.2) is 11.5 Å². The first-order valence-electron chi connectivity index (χ1n) is 12.6. The second kappa shape index (κ2) is 14.3. The van der Waals surface area contributed by atoms with E-state index in [-0.39, 0.29) is 12.1 Å². The van der Waals surface area contributed by atoms with Crippen LogP contribution in [0.15, 0.2) is 30.3 Å². The van der Waals surface area contributed by atoms with Gasteiger partial charge in [-0.15, -0.1) is 11.3 Å². The van der Waals surface area contributed by atoms with Gasteiger partial charge in [0.05, 0.1) is 43.7 Å². The molecule has 4 rings (SSSR count). The van der Waals surface area contributed by atoms with Gasteiger partial charge in [0.25, 0.3) is 10.1 Å². The van der Waals surface area contributed by atoms with Gasteiger partial charge in [-0.25, -0.2) is 0 Å². The molecule has 39 heavy (non-hydrogen) atoms. The Morgan fingerprint density at radius 3 is 2.33 bits per heavy atom. The molecule has 0 spiro atoms. The summed E-state index contributed by atoms with van der Waals surface area (Å²) in [4.78, 5) is 17.7. The molecule has 212 valence electrons. The Bertz CT molecular complexity index is 1280. The Hall–Kier alpha value is -3.11. The highest BCUT2D eigenvalue weighted by atomic mass is 32.2. The molecule has 2 aliphatic heterocycles. The summed E-state index contributed by atoms with van der Waals surface area (Å²) in [5.74, 6) is 1.13. The van der Waals surface area contributed by atoms with Crippen molar-refractivity contribution >= 4 is 44.1 Å². The fourth-order valence-electron chi connectivity index (χ4n) is 4.46. The Labute approximate surface area is 234 Å². The van der Waals surface area contributed by atoms with Crippen LogP contribution in [0.25, 0.3) is 11.6 Å². The molecule has 3 heterocycles. The summed E-state index contributed by atoms with van der Waals surface area (Å²) in [6.07, 6.45) is 6.64. The highest BCUT2D eigenvalue weighted by Crippen LogP contribution is 2.34. The van der Waals surface area contributed by atoms with E-state index in [4.69, 9.17) is 18.8 Å². The average molecular weight is 578 g/mol. The van der Waals surface area contributed by atoms with Crippen LogP contribution in [0.2, 0.25) is 0 Å². The van der Waals surface area contributed by atoms with E-state index in [9.17, 15) is 18.5 Å². The van der Waals surface area contributed by atoms with Crippen LogP contribution in [0.3, 0.4) is 0 Å². The van der Waals surface area contributed by atoms with Gasteiger partial charge in [-0.2, -0.15) is 13.7 Å². The summed E-state index contributed by atoms with van der Waals surface area (Å²) in [5.41, 5.74) is 1.35. The molecule has 0 radical (unpaired) electrons. The largest absolute Gasteiger partial charge is 0.493 e. The van der Waals surface area contributed by atoms with Crippen LogP contribution in [-0.4, -0.2) is 83.1 Å². The van der Waals surface area contributed by atoms with Gasteiger partial charge in [-0.3, -0.25) is 14.2 Å². The van der Waals surface area contributed by atoms with E-state index in [1.807, 2.05) is 24.3 Å². The van der Waals surface area contributed by atoms with Crippen molar-refractivity contribution in [2.45, 2.75) is 31.8 Å². The minimum Gasteiger partial charge on any atom is -0.493 e. The number of hydrogen-bond donors (Lipinski definition) is 1. The standard InChI is InChI=1S/C26H31N3O4S.CH4O3S/c1-31-23-7-5-19(16-24(23)32-2)20(17-27)15-22-6-8-25(34-22)29-13-9-21(10-14-29)33-26(30)18-28-11-3-4-12-28;1-5(2,3)4/h5-8,15-16,21H,3-4,9-14,18H2,1-2H3;1H3,(H,2,3,4)/b20-15+;. The number of thiophene rings is 1. The number of anilines is 1. The third-order valence-corrected chi connectivity index (χ3v) is 7.41. The normalized spacial score (nSPS) is 16.7. The van der Waals surface area contributed by atoms with E-state index in [0.29, 0.717) is 29.9 Å². The zero-order valence-electron chi connectivity index (χ0n) is 22.5. The molecule has 2 aliphatic rings. The third kappa shape index (κ3) is 9.85. The first-order valence-corrected chi connectivity index (χ1v) is 15.3. The SMILES string of the molecule is COc1ccc(/C(C#N)=C/c2ccc(N3CCC(OC(=O)CN4CCCC4)CC3)s2)cc1OC.CS(=O)(=O)O. The number of nitrogens with zero attached hydrogens (tertiary/aromatic N) is 3. The first-order chi connectivity index (χ1) is 18.6. The topological polar surface area (TPSA) is 129 Å². The summed E-state index contributed by atoms with van der Waals surface area (Å²) < 4.78 is 42.3. The van der Waals surface area contributed by atoms with Crippen molar-refractivity contribution in [1.82, 2.24) is 4.90 Å². The van der Waals surface area contributed by atoms with Crippen molar-refractivity contribution < 1.29 is 32.0 Å². The zero-order valence-corrected chi connectivity index (χ0v) is 24.1. The van der Waals surface area contributed by atoms with Gasteiger partial charge in [-0.05, 0) is 67.9 Å². The molecule has 1 aromatic heterocycles. The van der Waals surface area contributed by atoms with Crippen molar-refractivity contribution in [2.75, 3.05) is 58.1 Å². The number of piperidine rings is 1. The van der Waals surface area contributed by atoms with Crippen LogP contribution in [-0.2, 0) is 19.6 Å². The maximum Gasteiger partial charge on any atom is 0.320 e. The van der Waals surface area contributed by atoms with E-state index in [1.54, 1.807) is 31.6 Å². The number of methoxy groups -OCH3 is 2. The van der Waals surface area contributed by atoms with Gasteiger partial charge in [0, 0.05) is 30.8 Å². The first kappa shape index (κ1) is 30.4. The Morgan fingerprint density at radius 1 is 1.10 bits per heavy atom. The number of nitriles is 1. The lowest BCUT2D eigenvalue weighted by molar-refractivity contribution is -0.151. The van der Waals surface area contributed by atoms with Gasteiger partial charge < -0.3 is 19.1 Å². The Balaban J connectivity index is 0.000000771. The van der Waals surface area contributed by atoms with Crippen LogP contribution in [0.5, 0.6) is 11.5 Å². The molecular formula is C27H35N3O7S2. The highest BCUT2D eigenvalue weighted by molar-refractivity contribution is 7.85. The monoisotopic (exact) mass is 577 g/mol. The van der Waals surface area contributed by atoms with Crippen molar-refractivity contribution in [2.24, 2.45) is 0 Å². The van der Waals surface area contributed by atoms with Crippen LogP contribution in [0, 0.1) is 11.3 Å². The lowest BCUT2D eigenvalue weighted by Crippen LogP contribution is -2.39. The van der Waals surface area contributed by atoms with Crippen molar-refractivity contribution in [3.63, 3.8) is 0 Å². The molecule has 12 heteroatoms. The second-order valence-corrected chi connectivity index (χ2v) is 11.9. The van der Waals surface area contributed by atoms with E-state index >= 15 is 0 Å². The maximum absolute atomic E-state index is 12.2. The van der Waals surface area contributed by atoms with Gasteiger partial charge >= 0.3 is 5.97 Å². The van der Waals surface area contributed by atoms with E-state index in [1.165, 1.54) is 12.8 Å². The lowest BCUT2D eigenvalue weighted by Gasteiger charge is -2.32. The number of allylic oxidation sites excluding steroid dienone is 1. The molecule has 0 saturated carbocycles. The molecule has 1 N–H and O–H groups in total. The van der Waals surface area contributed by atoms with Crippen LogP contribution < -0.4 is 14.4 Å². The number of esters is 1. The summed E-state index contributed by atoms with van der Waals surface area (Å²) in [7, 11) is -0.492. The molecule has 0 aliphatic carbocycles. The van der Waals surface area contributed by atoms with E-state index in [0.717, 1.165) is 54.5 Å². The number of carbonyl (C=O) groups is 1. The van der Waals surface area contributed by atoms with E-state index < -0.39 is 10.1 Å².